The second kappa shape index (κ2) is 6.60. The fraction of sp³-hybridized carbons (Fsp3) is 0.261. The first-order valence-electron chi connectivity index (χ1n) is 10.1. The number of anilines is 1. The fourth-order valence-corrected chi connectivity index (χ4v) is 4.42. The number of hydrogen-bond acceptors (Lipinski definition) is 5. The van der Waals surface area contributed by atoms with Gasteiger partial charge >= 0.3 is 5.97 Å². The molecule has 1 amide bonds. The summed E-state index contributed by atoms with van der Waals surface area (Å²) in [5.74, 6) is -1.04. The van der Waals surface area contributed by atoms with E-state index in [1.807, 2.05) is 12.1 Å². The smallest absolute Gasteiger partial charge is 0.353 e. The summed E-state index contributed by atoms with van der Waals surface area (Å²) in [6, 6.07) is 14.3. The maximum atomic E-state index is 12.9. The van der Waals surface area contributed by atoms with Crippen LogP contribution in [0.25, 0.3) is 22.6 Å². The molecule has 1 aromatic heterocycles. The van der Waals surface area contributed by atoms with E-state index in [1.54, 1.807) is 36.4 Å². The zero-order valence-corrected chi connectivity index (χ0v) is 17.1. The number of fused-ring (bicyclic) bond motifs is 6. The summed E-state index contributed by atoms with van der Waals surface area (Å²) < 4.78 is 1.25. The molecule has 2 aromatic carbocycles. The second-order valence-electron chi connectivity index (χ2n) is 8.15. The average molecular weight is 416 g/mol. The lowest BCUT2D eigenvalue weighted by Gasteiger charge is -2.41. The van der Waals surface area contributed by atoms with Crippen molar-refractivity contribution < 1.29 is 14.7 Å². The van der Waals surface area contributed by atoms with Crippen LogP contribution in [0.2, 0.25) is 0 Å². The molecule has 0 saturated carbocycles. The second-order valence-corrected chi connectivity index (χ2v) is 8.15. The zero-order chi connectivity index (χ0) is 21.9. The van der Waals surface area contributed by atoms with Crippen molar-refractivity contribution in [3.63, 3.8) is 0 Å². The van der Waals surface area contributed by atoms with Crippen molar-refractivity contribution >= 4 is 17.6 Å². The number of rotatable bonds is 3. The van der Waals surface area contributed by atoms with Gasteiger partial charge in [0, 0.05) is 24.0 Å². The molecule has 0 spiro atoms. The summed E-state index contributed by atoms with van der Waals surface area (Å²) in [5.41, 5.74) is 0.338. The van der Waals surface area contributed by atoms with Crippen molar-refractivity contribution in [2.24, 2.45) is 0 Å². The van der Waals surface area contributed by atoms with Gasteiger partial charge in [0.05, 0.1) is 5.69 Å². The molecule has 2 aliphatic rings. The summed E-state index contributed by atoms with van der Waals surface area (Å²) in [4.78, 5) is 43.8. The number of amides is 1. The largest absolute Gasteiger partial charge is 0.478 e. The molecule has 3 aromatic rings. The van der Waals surface area contributed by atoms with Crippen LogP contribution in [0.4, 0.5) is 5.69 Å². The van der Waals surface area contributed by atoms with Crippen LogP contribution in [-0.4, -0.2) is 31.7 Å². The minimum atomic E-state index is -1.76. The highest BCUT2D eigenvalue weighted by Gasteiger charge is 2.58. The van der Waals surface area contributed by atoms with Gasteiger partial charge in [-0.25, -0.2) is 9.48 Å². The summed E-state index contributed by atoms with van der Waals surface area (Å²) in [7, 11) is 0. The van der Waals surface area contributed by atoms with Gasteiger partial charge < -0.3 is 5.11 Å². The monoisotopic (exact) mass is 416 g/mol. The molecule has 0 unspecified atom stereocenters. The van der Waals surface area contributed by atoms with Crippen LogP contribution in [0.5, 0.6) is 0 Å². The summed E-state index contributed by atoms with van der Waals surface area (Å²) >= 11 is 0. The summed E-state index contributed by atoms with van der Waals surface area (Å²) in [5, 5.41) is 14.8. The molecule has 1 saturated heterocycles. The number of carbonyl (C=O) groups excluding carboxylic acids is 1. The normalized spacial score (nSPS) is 19.2. The number of hydrogen-bond donors (Lipinski definition) is 1. The molecule has 1 fully saturated rings. The lowest BCUT2D eigenvalue weighted by molar-refractivity contribution is -0.148. The number of carbonyl (C=O) groups is 2. The van der Waals surface area contributed by atoms with Crippen LogP contribution >= 0.6 is 0 Å². The lowest BCUT2D eigenvalue weighted by atomic mass is 9.99. The molecular formula is C23H20N4O4. The maximum absolute atomic E-state index is 12.9. The van der Waals surface area contributed by atoms with E-state index in [9.17, 15) is 19.5 Å². The van der Waals surface area contributed by atoms with E-state index in [2.05, 4.69) is 23.9 Å². The molecule has 0 radical (unpaired) electrons. The zero-order valence-electron chi connectivity index (χ0n) is 17.1. The number of benzene rings is 2. The Balaban J connectivity index is 1.80. The van der Waals surface area contributed by atoms with Gasteiger partial charge in [-0.2, -0.15) is 10.1 Å². The number of para-hydroxylation sites is 1. The molecule has 0 bridgehead atoms. The third-order valence-corrected chi connectivity index (χ3v) is 6.05. The molecule has 156 valence electrons. The molecule has 31 heavy (non-hydrogen) atoms. The molecular weight excluding hydrogens is 396 g/mol. The van der Waals surface area contributed by atoms with Gasteiger partial charge in [-0.1, -0.05) is 50.2 Å². The van der Waals surface area contributed by atoms with Gasteiger partial charge in [-0.15, -0.1) is 0 Å². The van der Waals surface area contributed by atoms with Crippen LogP contribution < -0.4 is 10.5 Å². The first kappa shape index (κ1) is 19.2. The van der Waals surface area contributed by atoms with Crippen LogP contribution in [0.1, 0.15) is 38.2 Å². The summed E-state index contributed by atoms with van der Waals surface area (Å²) in [6.45, 7) is 4.14. The first-order chi connectivity index (χ1) is 14.8. The Morgan fingerprint density at radius 3 is 2.48 bits per heavy atom. The SMILES string of the molecule is CC(C)c1ccc(-c2nn3c(nc2=O)-c2ccccc2N2C(=O)CC[C@]23C(=O)O)cc1. The van der Waals surface area contributed by atoms with Crippen LogP contribution in [0.3, 0.4) is 0 Å². The molecule has 8 nitrogen and oxygen atoms in total. The number of carboxylic acids is 1. The number of aliphatic carboxylic acids is 1. The van der Waals surface area contributed by atoms with Gasteiger partial charge in [0.2, 0.25) is 11.6 Å². The van der Waals surface area contributed by atoms with E-state index in [-0.39, 0.29) is 30.3 Å². The Morgan fingerprint density at radius 1 is 1.10 bits per heavy atom. The van der Waals surface area contributed by atoms with Crippen LogP contribution in [-0.2, 0) is 15.3 Å². The Bertz CT molecular complexity index is 1300. The molecule has 0 aliphatic carbocycles. The van der Waals surface area contributed by atoms with E-state index in [0.29, 0.717) is 22.7 Å². The number of aromatic nitrogens is 3. The molecule has 1 atom stereocenters. The molecule has 3 heterocycles. The lowest BCUT2D eigenvalue weighted by Crippen LogP contribution is -2.58. The quantitative estimate of drug-likeness (QED) is 0.704. The van der Waals surface area contributed by atoms with E-state index in [0.717, 1.165) is 5.56 Å². The third kappa shape index (κ3) is 2.57. The van der Waals surface area contributed by atoms with Gasteiger partial charge in [-0.3, -0.25) is 14.5 Å². The molecule has 5 rings (SSSR count). The minimum absolute atomic E-state index is 0.0335. The Labute approximate surface area is 177 Å². The Morgan fingerprint density at radius 2 is 1.81 bits per heavy atom. The fourth-order valence-electron chi connectivity index (χ4n) is 4.42. The van der Waals surface area contributed by atoms with Crippen LogP contribution in [0.15, 0.2) is 53.3 Å². The summed E-state index contributed by atoms with van der Waals surface area (Å²) in [6.07, 6.45) is 0.0953. The number of nitrogens with zero attached hydrogens (tertiary/aromatic N) is 4. The molecule has 2 aliphatic heterocycles. The highest BCUT2D eigenvalue weighted by atomic mass is 16.4. The van der Waals surface area contributed by atoms with Gasteiger partial charge in [-0.05, 0) is 23.6 Å². The standard InChI is InChI=1S/C23H20N4O4/c1-13(2)14-7-9-15(10-8-14)19-21(29)24-20-16-5-3-4-6-17(16)26-18(28)11-12-23(26,22(30)31)27(20)25-19/h3-10,13H,11-12H2,1-2H3,(H,30,31)/t23-/m0/s1. The van der Waals surface area contributed by atoms with Crippen molar-refractivity contribution in [1.29, 1.82) is 0 Å². The van der Waals surface area contributed by atoms with Gasteiger partial charge in [0.1, 0.15) is 0 Å². The predicted octanol–water partition coefficient (Wildman–Crippen LogP) is 2.97. The van der Waals surface area contributed by atoms with Crippen molar-refractivity contribution in [3.8, 4) is 22.6 Å². The molecule has 8 heteroatoms. The van der Waals surface area contributed by atoms with Crippen molar-refractivity contribution in [2.45, 2.75) is 38.3 Å². The highest BCUT2D eigenvalue weighted by Crippen LogP contribution is 2.47. The number of carboxylic acid groups (broad SMARTS) is 1. The van der Waals surface area contributed by atoms with E-state index < -0.39 is 17.2 Å². The van der Waals surface area contributed by atoms with Crippen LogP contribution in [0, 0.1) is 0 Å². The maximum Gasteiger partial charge on any atom is 0.353 e. The van der Waals surface area contributed by atoms with Gasteiger partial charge in [0.25, 0.3) is 5.56 Å². The highest BCUT2D eigenvalue weighted by molar-refractivity contribution is 6.07. The van der Waals surface area contributed by atoms with Crippen molar-refractivity contribution in [1.82, 2.24) is 14.8 Å². The Hall–Kier alpha value is -3.81. The van der Waals surface area contributed by atoms with E-state index in [4.69, 9.17) is 0 Å². The minimum Gasteiger partial charge on any atom is -0.478 e. The van der Waals surface area contributed by atoms with Crippen molar-refractivity contribution in [3.05, 3.63) is 64.4 Å². The average Bonchev–Trinajstić information content (AvgIpc) is 3.12. The van der Waals surface area contributed by atoms with Gasteiger partial charge in [0.15, 0.2) is 11.5 Å². The van der Waals surface area contributed by atoms with E-state index >= 15 is 0 Å². The predicted molar refractivity (Wildman–Crippen MR) is 114 cm³/mol. The topological polar surface area (TPSA) is 105 Å². The first-order valence-corrected chi connectivity index (χ1v) is 10.1. The molecule has 1 N–H and O–H groups in total. The Kier molecular flexibility index (Phi) is 4.08. The van der Waals surface area contributed by atoms with Crippen molar-refractivity contribution in [2.75, 3.05) is 4.90 Å². The third-order valence-electron chi connectivity index (χ3n) is 6.05. The van der Waals surface area contributed by atoms with E-state index in [1.165, 1.54) is 9.58 Å².